The molecule has 36 heavy (non-hydrogen) atoms. The third-order valence-corrected chi connectivity index (χ3v) is 5.37. The highest BCUT2D eigenvalue weighted by atomic mass is 19.1. The fourth-order valence-corrected chi connectivity index (χ4v) is 3.54. The molecule has 2 amide bonds. The Hall–Kier alpha value is -4.82. The lowest BCUT2D eigenvalue weighted by molar-refractivity contribution is 0.0725. The number of rotatable bonds is 6. The first-order valence-corrected chi connectivity index (χ1v) is 10.6. The molecule has 2 aliphatic rings. The molecule has 3 N–H and O–H groups in total. The summed E-state index contributed by atoms with van der Waals surface area (Å²) in [6.45, 7) is 3.78. The summed E-state index contributed by atoms with van der Waals surface area (Å²) in [5.74, 6) is 1.12. The number of aliphatic hydroxyl groups is 1. The fraction of sp³-hybridized carbons (Fsp3) is 0.120. The number of nitrogens with one attached hydrogen (secondary N) is 2. The van der Waals surface area contributed by atoms with Crippen molar-refractivity contribution >= 4 is 35.3 Å². The Bertz CT molecular complexity index is 1390. The zero-order valence-corrected chi connectivity index (χ0v) is 19.1. The minimum atomic E-state index is -2.00. The lowest BCUT2D eigenvalue weighted by Gasteiger charge is -2.34. The summed E-state index contributed by atoms with van der Waals surface area (Å²) in [6, 6.07) is 9.26. The van der Waals surface area contributed by atoms with Crippen LogP contribution < -0.4 is 15.6 Å². The largest absolute Gasteiger partial charge is 0.378 e. The smallest absolute Gasteiger partial charge is 0.320 e. The van der Waals surface area contributed by atoms with Crippen molar-refractivity contribution in [1.82, 2.24) is 15.6 Å². The van der Waals surface area contributed by atoms with E-state index < -0.39 is 23.3 Å². The topological polar surface area (TPSA) is 105 Å². The number of halogens is 2. The number of carbonyl (C=O) groups excluding carboxylic acids is 1. The predicted octanol–water partition coefficient (Wildman–Crippen LogP) is 3.04. The van der Waals surface area contributed by atoms with Gasteiger partial charge in [-0.15, -0.1) is 10.2 Å². The Morgan fingerprint density at radius 3 is 2.67 bits per heavy atom. The summed E-state index contributed by atoms with van der Waals surface area (Å²) < 4.78 is 28.4. The summed E-state index contributed by atoms with van der Waals surface area (Å²) in [7, 11) is 1.49. The first kappa shape index (κ1) is 24.3. The van der Waals surface area contributed by atoms with Crippen molar-refractivity contribution < 1.29 is 18.7 Å². The molecule has 0 radical (unpaired) electrons. The Morgan fingerprint density at radius 1 is 1.22 bits per heavy atom. The predicted molar refractivity (Wildman–Crippen MR) is 133 cm³/mol. The summed E-state index contributed by atoms with van der Waals surface area (Å²) in [4.78, 5) is 15.5. The van der Waals surface area contributed by atoms with E-state index in [9.17, 15) is 18.7 Å². The molecular weight excluding hydrogens is 468 g/mol. The highest BCUT2D eigenvalue weighted by Gasteiger charge is 2.38. The van der Waals surface area contributed by atoms with Gasteiger partial charge in [0.2, 0.25) is 0 Å². The van der Waals surface area contributed by atoms with Gasteiger partial charge in [0.25, 0.3) is 0 Å². The van der Waals surface area contributed by atoms with Crippen LogP contribution in [0.15, 0.2) is 88.4 Å². The lowest BCUT2D eigenvalue weighted by Crippen LogP contribution is -2.40. The number of hydrogen-bond acceptors (Lipinski definition) is 7. The van der Waals surface area contributed by atoms with Crippen LogP contribution in [0.1, 0.15) is 11.1 Å². The average molecular weight is 489 g/mol. The quantitative estimate of drug-likeness (QED) is 0.543. The minimum absolute atomic E-state index is 0.150. The van der Waals surface area contributed by atoms with Gasteiger partial charge in [-0.1, -0.05) is 24.4 Å². The van der Waals surface area contributed by atoms with E-state index >= 15 is 0 Å². The van der Waals surface area contributed by atoms with E-state index in [4.69, 9.17) is 0 Å². The first-order chi connectivity index (χ1) is 17.3. The molecule has 0 saturated carbocycles. The number of benzene rings is 2. The van der Waals surface area contributed by atoms with Gasteiger partial charge >= 0.3 is 6.03 Å². The van der Waals surface area contributed by atoms with Gasteiger partial charge in [-0.3, -0.25) is 5.32 Å². The van der Waals surface area contributed by atoms with Crippen LogP contribution in [0.4, 0.5) is 19.3 Å². The molecule has 2 aliphatic heterocycles. The van der Waals surface area contributed by atoms with Crippen LogP contribution in [-0.4, -0.2) is 47.8 Å². The second-order valence-electron chi connectivity index (χ2n) is 7.70. The number of amides is 2. The van der Waals surface area contributed by atoms with Gasteiger partial charge in [0, 0.05) is 30.6 Å². The molecule has 0 aromatic heterocycles. The average Bonchev–Trinajstić information content (AvgIpc) is 2.89. The van der Waals surface area contributed by atoms with E-state index in [0.717, 1.165) is 6.07 Å². The summed E-state index contributed by atoms with van der Waals surface area (Å²) >= 11 is 0. The van der Waals surface area contributed by atoms with Gasteiger partial charge < -0.3 is 10.4 Å². The molecule has 2 aromatic carbocycles. The van der Waals surface area contributed by atoms with Crippen LogP contribution >= 0.6 is 0 Å². The van der Waals surface area contributed by atoms with Crippen LogP contribution in [-0.2, 0) is 5.60 Å². The van der Waals surface area contributed by atoms with Gasteiger partial charge in [-0.25, -0.2) is 28.6 Å². The van der Waals surface area contributed by atoms with Crippen molar-refractivity contribution in [2.24, 2.45) is 15.2 Å². The molecule has 0 fully saturated rings. The molecule has 9 nitrogen and oxygen atoms in total. The lowest BCUT2D eigenvalue weighted by atomic mass is 9.82. The summed E-state index contributed by atoms with van der Waals surface area (Å²) in [6.07, 6.45) is 5.77. The Morgan fingerprint density at radius 2 is 2.00 bits per heavy atom. The number of hydrogen-bond donors (Lipinski definition) is 3. The second kappa shape index (κ2) is 10.2. The molecule has 11 heteroatoms. The van der Waals surface area contributed by atoms with E-state index in [-0.39, 0.29) is 23.5 Å². The fourth-order valence-electron chi connectivity index (χ4n) is 3.54. The summed E-state index contributed by atoms with van der Waals surface area (Å²) in [5, 5.41) is 27.8. The van der Waals surface area contributed by atoms with Crippen LogP contribution in [0.5, 0.6) is 0 Å². The number of nitrogens with zero attached hydrogens (tertiary/aromatic N) is 5. The molecule has 182 valence electrons. The number of urea groups is 1. The van der Waals surface area contributed by atoms with Gasteiger partial charge in [0.15, 0.2) is 5.84 Å². The van der Waals surface area contributed by atoms with Gasteiger partial charge in [0.1, 0.15) is 23.6 Å². The molecule has 0 aliphatic carbocycles. The zero-order chi connectivity index (χ0) is 25.7. The standard InChI is InChI=1S/C25H21F2N7O2/c1-17(18-5-8-20(9-6-18)34-13-3-4-23(32-34)31-24(35)28-2)25(36,15-33-16-29-11-12-30-33)21-10-7-19(26)14-22(21)27/h4-11,13-14,16,36H,1,15H2,2H3,(H2,28,31,32,35). The zero-order valence-electron chi connectivity index (χ0n) is 19.1. The molecule has 0 saturated heterocycles. The SMILES string of the molecule is C=C(c1ccc(N2C=C=CC(NC(=O)NC)=N2)cc1)C(O)(CN1C=NC=C=N1)c1ccc(F)cc1F. The first-order valence-electron chi connectivity index (χ1n) is 10.6. The minimum Gasteiger partial charge on any atom is -0.378 e. The number of aliphatic imine (C=N–C) groups is 1. The Balaban J connectivity index is 1.64. The van der Waals surface area contributed by atoms with Crippen LogP contribution in [0.3, 0.4) is 0 Å². The highest BCUT2D eigenvalue weighted by Crippen LogP contribution is 2.38. The molecule has 1 atom stereocenters. The molecule has 0 bridgehead atoms. The number of anilines is 1. The van der Waals surface area contributed by atoms with Crippen LogP contribution in [0.2, 0.25) is 0 Å². The summed E-state index contributed by atoms with van der Waals surface area (Å²) in [5.41, 5.74) is 1.98. The number of β-amino-alcohol motifs (C(OH)–C–C–N with tert-alkyl or cyclic N) is 1. The number of carbonyl (C=O) groups is 1. The maximum atomic E-state index is 14.8. The highest BCUT2D eigenvalue weighted by molar-refractivity contribution is 6.04. The van der Waals surface area contributed by atoms with Crippen molar-refractivity contribution in [2.75, 3.05) is 18.6 Å². The molecule has 2 heterocycles. The van der Waals surface area contributed by atoms with Crippen molar-refractivity contribution in [1.29, 1.82) is 0 Å². The molecule has 1 unspecified atom stereocenters. The number of hydrazone groups is 2. The molecule has 2 aromatic rings. The van der Waals surface area contributed by atoms with Crippen LogP contribution in [0, 0.1) is 11.6 Å². The Labute approximate surface area is 205 Å². The van der Waals surface area contributed by atoms with Gasteiger partial charge in [-0.2, -0.15) is 0 Å². The maximum absolute atomic E-state index is 14.8. The van der Waals surface area contributed by atoms with E-state index in [2.05, 4.69) is 44.0 Å². The van der Waals surface area contributed by atoms with E-state index in [1.54, 1.807) is 30.5 Å². The van der Waals surface area contributed by atoms with Gasteiger partial charge in [0.05, 0.1) is 24.6 Å². The van der Waals surface area contributed by atoms with Crippen molar-refractivity contribution in [3.8, 4) is 0 Å². The van der Waals surface area contributed by atoms with Crippen molar-refractivity contribution in [3.05, 3.63) is 96.0 Å². The van der Waals surface area contributed by atoms with Crippen molar-refractivity contribution in [3.63, 3.8) is 0 Å². The van der Waals surface area contributed by atoms with E-state index in [1.807, 2.05) is 0 Å². The monoisotopic (exact) mass is 489 g/mol. The normalized spacial score (nSPS) is 15.5. The van der Waals surface area contributed by atoms with Gasteiger partial charge in [-0.05, 0) is 35.4 Å². The van der Waals surface area contributed by atoms with E-state index in [0.29, 0.717) is 17.3 Å². The second-order valence-corrected chi connectivity index (χ2v) is 7.70. The third-order valence-electron chi connectivity index (χ3n) is 5.37. The molecule has 4 rings (SSSR count). The Kier molecular flexibility index (Phi) is 6.89. The van der Waals surface area contributed by atoms with Crippen molar-refractivity contribution in [2.45, 2.75) is 5.60 Å². The molecule has 0 spiro atoms. The number of amidine groups is 1. The van der Waals surface area contributed by atoms with Crippen LogP contribution in [0.25, 0.3) is 5.57 Å². The maximum Gasteiger partial charge on any atom is 0.320 e. The molecular formula is C25H21F2N7O2. The third kappa shape index (κ3) is 5.13. The van der Waals surface area contributed by atoms with E-state index in [1.165, 1.54) is 41.7 Å².